The number of rotatable bonds is 12. The first-order valence-corrected chi connectivity index (χ1v) is 15.4. The summed E-state index contributed by atoms with van der Waals surface area (Å²) in [6.07, 6.45) is 3.71. The Bertz CT molecular complexity index is 1400. The summed E-state index contributed by atoms with van der Waals surface area (Å²) in [6, 6.07) is 10.5. The highest BCUT2D eigenvalue weighted by Gasteiger charge is 2.29. The molecule has 39 heavy (non-hydrogen) atoms. The van der Waals surface area contributed by atoms with E-state index in [4.69, 9.17) is 9.97 Å². The van der Waals surface area contributed by atoms with Gasteiger partial charge in [0.15, 0.2) is 5.65 Å². The van der Waals surface area contributed by atoms with Gasteiger partial charge in [0, 0.05) is 43.2 Å². The lowest BCUT2D eigenvalue weighted by Gasteiger charge is -2.40. The largest absolute Gasteiger partial charge is 0.353 e. The molecule has 2 N–H and O–H groups in total. The molecule has 0 spiro atoms. The molecule has 1 aliphatic rings. The first-order chi connectivity index (χ1) is 19.0. The number of fused-ring (bicyclic) bond motifs is 1. The maximum atomic E-state index is 13.4. The number of hydrogen-bond acceptors (Lipinski definition) is 9. The summed E-state index contributed by atoms with van der Waals surface area (Å²) in [5, 5.41) is 9.72. The topological polar surface area (TPSA) is 90.7 Å². The zero-order valence-corrected chi connectivity index (χ0v) is 24.6. The Labute approximate surface area is 238 Å². The van der Waals surface area contributed by atoms with Crippen LogP contribution >= 0.6 is 23.3 Å². The van der Waals surface area contributed by atoms with Crippen LogP contribution in [0.25, 0.3) is 27.5 Å². The lowest BCUT2D eigenvalue weighted by Crippen LogP contribution is -2.56. The number of amides is 1. The zero-order valence-electron chi connectivity index (χ0n) is 22.9. The Kier molecular flexibility index (Phi) is 8.81. The smallest absolute Gasteiger partial charge is 0.251 e. The fraction of sp³-hybridized carbons (Fsp3) is 0.429. The number of likely N-dealkylation sites (N-methyl/N-ethyl adjacent to an activating group) is 1. The number of nitrogens with zero attached hydrogens (tertiary/aromatic N) is 6. The van der Waals surface area contributed by atoms with Crippen molar-refractivity contribution < 1.29 is 4.79 Å². The third-order valence-corrected chi connectivity index (χ3v) is 8.77. The molecule has 1 atom stereocenters. The van der Waals surface area contributed by atoms with Gasteiger partial charge in [0.25, 0.3) is 5.91 Å². The van der Waals surface area contributed by atoms with Crippen LogP contribution in [-0.2, 0) is 0 Å². The number of hydrogen-bond donors (Lipinski definition) is 2. The monoisotopic (exact) mass is 564 g/mol. The lowest BCUT2D eigenvalue weighted by molar-refractivity contribution is 0.0938. The van der Waals surface area contributed by atoms with E-state index in [1.165, 1.54) is 0 Å². The van der Waals surface area contributed by atoms with E-state index in [1.54, 1.807) is 34.0 Å². The van der Waals surface area contributed by atoms with Gasteiger partial charge in [-0.1, -0.05) is 38.8 Å². The highest BCUT2D eigenvalue weighted by Crippen LogP contribution is 2.30. The van der Waals surface area contributed by atoms with Crippen LogP contribution in [0.3, 0.4) is 0 Å². The number of anilines is 1. The van der Waals surface area contributed by atoms with Gasteiger partial charge in [0.05, 0.1) is 34.1 Å². The van der Waals surface area contributed by atoms with Gasteiger partial charge in [-0.3, -0.25) is 14.4 Å². The number of carbonyl (C=O) groups is 1. The fourth-order valence-electron chi connectivity index (χ4n) is 4.82. The number of thiophene rings is 1. The van der Waals surface area contributed by atoms with E-state index in [0.717, 1.165) is 59.5 Å². The van der Waals surface area contributed by atoms with Gasteiger partial charge in [-0.05, 0) is 49.7 Å². The highest BCUT2D eigenvalue weighted by atomic mass is 32.2. The van der Waals surface area contributed by atoms with Crippen molar-refractivity contribution in [2.75, 3.05) is 43.4 Å². The average Bonchev–Trinajstić information content (AvgIpc) is 3.61. The molecule has 206 valence electrons. The normalized spacial score (nSPS) is 14.6. The Morgan fingerprint density at radius 3 is 2.72 bits per heavy atom. The third kappa shape index (κ3) is 6.11. The average molecular weight is 565 g/mol. The van der Waals surface area contributed by atoms with E-state index < -0.39 is 0 Å². The molecule has 1 fully saturated rings. The predicted octanol–water partition coefficient (Wildman–Crippen LogP) is 4.43. The number of aromatic nitrogens is 4. The van der Waals surface area contributed by atoms with Crippen molar-refractivity contribution >= 4 is 40.7 Å². The molecule has 0 saturated carbocycles. The molecule has 5 rings (SSSR count). The van der Waals surface area contributed by atoms with Gasteiger partial charge < -0.3 is 10.2 Å². The number of carbonyl (C=O) groups excluding carboxylic acids is 1. The standard InChI is InChI=1S/C28H36N8OS2/c1-5-34(6-2)19(4)15-29-28(37)20-13-24(31-26(14-20)35-17-21(18-35)33-39-7-3)22-16-30-36-11-10-23(32-27(22)36)25-9-8-12-38-25/h8-14,16,19,21,33H,5-7,15,17-18H2,1-4H3,(H,29,37). The first-order valence-electron chi connectivity index (χ1n) is 13.6. The van der Waals surface area contributed by atoms with E-state index in [-0.39, 0.29) is 11.9 Å². The Morgan fingerprint density at radius 2 is 2.00 bits per heavy atom. The van der Waals surface area contributed by atoms with Crippen molar-refractivity contribution in [3.05, 3.63) is 53.7 Å². The summed E-state index contributed by atoms with van der Waals surface area (Å²) in [5.41, 5.74) is 3.70. The van der Waals surface area contributed by atoms with Crippen molar-refractivity contribution in [2.45, 2.75) is 39.8 Å². The molecule has 11 heteroatoms. The molecule has 1 aliphatic heterocycles. The molecule has 0 radical (unpaired) electrons. The number of nitrogens with one attached hydrogen (secondary N) is 2. The molecule has 1 unspecified atom stereocenters. The van der Waals surface area contributed by atoms with Crippen LogP contribution < -0.4 is 14.9 Å². The number of pyridine rings is 1. The second-order valence-corrected chi connectivity index (χ2v) is 11.7. The molecule has 4 aromatic rings. The molecule has 4 aromatic heterocycles. The molecular weight excluding hydrogens is 528 g/mol. The van der Waals surface area contributed by atoms with Gasteiger partial charge in [0.1, 0.15) is 5.82 Å². The summed E-state index contributed by atoms with van der Waals surface area (Å²) in [6.45, 7) is 12.8. The van der Waals surface area contributed by atoms with Crippen LogP contribution in [0.15, 0.2) is 48.1 Å². The van der Waals surface area contributed by atoms with Gasteiger partial charge in [-0.25, -0.2) is 14.5 Å². The van der Waals surface area contributed by atoms with Crippen LogP contribution in [0.5, 0.6) is 0 Å². The van der Waals surface area contributed by atoms with Gasteiger partial charge >= 0.3 is 0 Å². The maximum Gasteiger partial charge on any atom is 0.251 e. The second-order valence-electron chi connectivity index (χ2n) is 9.65. The Morgan fingerprint density at radius 1 is 1.18 bits per heavy atom. The zero-order chi connectivity index (χ0) is 27.4. The van der Waals surface area contributed by atoms with Crippen LogP contribution in [-0.4, -0.2) is 80.9 Å². The second kappa shape index (κ2) is 12.5. The maximum absolute atomic E-state index is 13.4. The minimum atomic E-state index is -0.0978. The van der Waals surface area contributed by atoms with Crippen molar-refractivity contribution in [1.29, 1.82) is 0 Å². The van der Waals surface area contributed by atoms with Crippen molar-refractivity contribution in [3.63, 3.8) is 0 Å². The molecular formula is C28H36N8OS2. The van der Waals surface area contributed by atoms with Crippen molar-refractivity contribution in [2.24, 2.45) is 0 Å². The minimum Gasteiger partial charge on any atom is -0.353 e. The molecule has 0 bridgehead atoms. The van der Waals surface area contributed by atoms with E-state index in [0.29, 0.717) is 23.8 Å². The van der Waals surface area contributed by atoms with Crippen LogP contribution in [0.1, 0.15) is 38.1 Å². The SMILES string of the molecule is CCSNC1CN(c2cc(C(=O)NCC(C)N(CC)CC)cc(-c3cnn4ccc(-c5cccs5)nc34)n2)C1. The fourth-order valence-corrected chi connectivity index (χ4v) is 6.06. The summed E-state index contributed by atoms with van der Waals surface area (Å²) in [4.78, 5) is 29.0. The molecule has 0 aliphatic carbocycles. The van der Waals surface area contributed by atoms with Crippen LogP contribution in [0.4, 0.5) is 5.82 Å². The molecule has 0 aromatic carbocycles. The molecule has 1 amide bonds. The predicted molar refractivity (Wildman–Crippen MR) is 162 cm³/mol. The summed E-state index contributed by atoms with van der Waals surface area (Å²) in [5.74, 6) is 1.72. The Hall–Kier alpha value is -2.99. The summed E-state index contributed by atoms with van der Waals surface area (Å²) in [7, 11) is 0. The minimum absolute atomic E-state index is 0.0978. The molecule has 9 nitrogen and oxygen atoms in total. The van der Waals surface area contributed by atoms with Gasteiger partial charge in [0.2, 0.25) is 0 Å². The quantitative estimate of drug-likeness (QED) is 0.244. The first kappa shape index (κ1) is 27.6. The van der Waals surface area contributed by atoms with E-state index in [2.05, 4.69) is 58.7 Å². The molecule has 5 heterocycles. The third-order valence-electron chi connectivity index (χ3n) is 7.09. The van der Waals surface area contributed by atoms with Crippen LogP contribution in [0, 0.1) is 0 Å². The van der Waals surface area contributed by atoms with E-state index in [1.807, 2.05) is 35.8 Å². The van der Waals surface area contributed by atoms with Crippen LogP contribution in [0.2, 0.25) is 0 Å². The van der Waals surface area contributed by atoms with Gasteiger partial charge in [-0.15, -0.1) is 11.3 Å². The Balaban J connectivity index is 1.46. The lowest BCUT2D eigenvalue weighted by atomic mass is 10.1. The summed E-state index contributed by atoms with van der Waals surface area (Å²) >= 11 is 3.38. The van der Waals surface area contributed by atoms with Crippen molar-refractivity contribution in [3.8, 4) is 21.8 Å². The highest BCUT2D eigenvalue weighted by molar-refractivity contribution is 7.97. The van der Waals surface area contributed by atoms with E-state index in [9.17, 15) is 4.79 Å². The van der Waals surface area contributed by atoms with Crippen molar-refractivity contribution in [1.82, 2.24) is 34.5 Å². The molecule has 1 saturated heterocycles. The van der Waals surface area contributed by atoms with E-state index >= 15 is 0 Å². The summed E-state index contributed by atoms with van der Waals surface area (Å²) < 4.78 is 5.25. The van der Waals surface area contributed by atoms with Gasteiger partial charge in [-0.2, -0.15) is 5.10 Å².